The summed E-state index contributed by atoms with van der Waals surface area (Å²) in [5.74, 6) is 0.317. The second-order valence-corrected chi connectivity index (χ2v) is 8.16. The molecule has 29 heavy (non-hydrogen) atoms. The quantitative estimate of drug-likeness (QED) is 0.680. The highest BCUT2D eigenvalue weighted by atomic mass is 35.5. The van der Waals surface area contributed by atoms with E-state index in [9.17, 15) is 10.1 Å². The predicted octanol–water partition coefficient (Wildman–Crippen LogP) is 3.92. The summed E-state index contributed by atoms with van der Waals surface area (Å²) in [5.41, 5.74) is 1.32. The van der Waals surface area contributed by atoms with Crippen LogP contribution >= 0.6 is 11.6 Å². The molecule has 0 radical (unpaired) electrons. The summed E-state index contributed by atoms with van der Waals surface area (Å²) in [5, 5.41) is 18.9. The van der Waals surface area contributed by atoms with Gasteiger partial charge in [-0.15, -0.1) is 0 Å². The Morgan fingerprint density at radius 3 is 2.72 bits per heavy atom. The molecule has 3 atom stereocenters. The minimum Gasteiger partial charge on any atom is -0.338 e. The number of benzene rings is 1. The average molecular weight is 411 g/mol. The third-order valence-electron chi connectivity index (χ3n) is 5.73. The van der Waals surface area contributed by atoms with Crippen molar-refractivity contribution in [3.63, 3.8) is 0 Å². The molecule has 4 rings (SSSR count). The third kappa shape index (κ3) is 3.74. The van der Waals surface area contributed by atoms with Gasteiger partial charge in [0.05, 0.1) is 23.5 Å². The standard InChI is InChI=1S/C21H23ClN6O/c1-27(2)16-7-8-17(13(11-16)12-23)28-18-9-10-24-21(29)19(18)20(26-28)25-15-5-3-14(22)4-6-15/h3-6,9-10,13,16-17H,7-8,11H2,1-2H3,(H,24,29)(H,25,26)/t13-,16+,17+/m1/s1. The number of anilines is 2. The SMILES string of the molecule is CN(C)[C@H]1CC[C@H](n2nc(Nc3ccc(Cl)cc3)c3c(=O)[nH]ccc32)[C@@H](C#N)C1. The van der Waals surface area contributed by atoms with Crippen LogP contribution in [-0.2, 0) is 0 Å². The van der Waals surface area contributed by atoms with E-state index in [-0.39, 0.29) is 17.5 Å². The molecular formula is C21H23ClN6O. The van der Waals surface area contributed by atoms with Crippen LogP contribution in [0.4, 0.5) is 11.5 Å². The Labute approximate surface area is 173 Å². The number of nitrogens with one attached hydrogen (secondary N) is 2. The van der Waals surface area contributed by atoms with Gasteiger partial charge in [-0.3, -0.25) is 9.48 Å². The van der Waals surface area contributed by atoms with Gasteiger partial charge in [0.25, 0.3) is 5.56 Å². The largest absolute Gasteiger partial charge is 0.338 e. The number of pyridine rings is 1. The molecule has 0 aliphatic heterocycles. The summed E-state index contributed by atoms with van der Waals surface area (Å²) in [6, 6.07) is 11.9. The lowest BCUT2D eigenvalue weighted by atomic mass is 9.82. The number of hydrogen-bond donors (Lipinski definition) is 2. The zero-order valence-corrected chi connectivity index (χ0v) is 17.1. The smallest absolute Gasteiger partial charge is 0.261 e. The number of fused-ring (bicyclic) bond motifs is 1. The van der Waals surface area contributed by atoms with Gasteiger partial charge in [0.15, 0.2) is 5.82 Å². The van der Waals surface area contributed by atoms with Crippen molar-refractivity contribution < 1.29 is 0 Å². The molecule has 0 unspecified atom stereocenters. The first-order valence-electron chi connectivity index (χ1n) is 9.66. The van der Waals surface area contributed by atoms with Crippen LogP contribution in [0.3, 0.4) is 0 Å². The second kappa shape index (κ2) is 7.90. The summed E-state index contributed by atoms with van der Waals surface area (Å²) in [6.45, 7) is 0. The fourth-order valence-electron chi connectivity index (χ4n) is 4.14. The number of halogens is 1. The summed E-state index contributed by atoms with van der Waals surface area (Å²) >= 11 is 5.97. The number of hydrogen-bond acceptors (Lipinski definition) is 5. The lowest BCUT2D eigenvalue weighted by molar-refractivity contribution is 0.160. The van der Waals surface area contributed by atoms with Gasteiger partial charge in [-0.2, -0.15) is 10.4 Å². The molecule has 1 aliphatic carbocycles. The maximum Gasteiger partial charge on any atom is 0.261 e. The molecule has 0 saturated heterocycles. The fraction of sp³-hybridized carbons (Fsp3) is 0.381. The van der Waals surface area contributed by atoms with E-state index in [1.807, 2.05) is 22.9 Å². The number of nitrogens with zero attached hydrogens (tertiary/aromatic N) is 4. The molecule has 2 N–H and O–H groups in total. The molecular weight excluding hydrogens is 388 g/mol. The summed E-state index contributed by atoms with van der Waals surface area (Å²) in [4.78, 5) is 17.5. The van der Waals surface area contributed by atoms with Gasteiger partial charge < -0.3 is 15.2 Å². The molecule has 7 nitrogen and oxygen atoms in total. The van der Waals surface area contributed by atoms with Crippen molar-refractivity contribution in [3.05, 3.63) is 51.9 Å². The Balaban J connectivity index is 1.76. The van der Waals surface area contributed by atoms with E-state index in [0.29, 0.717) is 22.3 Å². The van der Waals surface area contributed by atoms with Gasteiger partial charge in [-0.05, 0) is 63.7 Å². The number of aromatic amines is 1. The van der Waals surface area contributed by atoms with E-state index in [2.05, 4.69) is 35.4 Å². The Kier molecular flexibility index (Phi) is 5.31. The Morgan fingerprint density at radius 2 is 2.03 bits per heavy atom. The fourth-order valence-corrected chi connectivity index (χ4v) is 4.27. The number of aromatic nitrogens is 3. The molecule has 1 aromatic carbocycles. The molecule has 1 aliphatic rings. The molecule has 0 spiro atoms. The van der Waals surface area contributed by atoms with Crippen molar-refractivity contribution in [1.29, 1.82) is 5.26 Å². The van der Waals surface area contributed by atoms with E-state index in [1.165, 1.54) is 0 Å². The van der Waals surface area contributed by atoms with Crippen LogP contribution in [0.5, 0.6) is 0 Å². The van der Waals surface area contributed by atoms with Gasteiger partial charge in [-0.1, -0.05) is 11.6 Å². The normalized spacial score (nSPS) is 22.0. The average Bonchev–Trinajstić information content (AvgIpc) is 3.08. The molecule has 8 heteroatoms. The van der Waals surface area contributed by atoms with Crippen LogP contribution < -0.4 is 10.9 Å². The minimum atomic E-state index is -0.208. The number of rotatable bonds is 4. The number of nitriles is 1. The second-order valence-electron chi connectivity index (χ2n) is 7.73. The van der Waals surface area contributed by atoms with Crippen molar-refractivity contribution in [2.45, 2.75) is 31.3 Å². The van der Waals surface area contributed by atoms with Gasteiger partial charge in [-0.25, -0.2) is 0 Å². The van der Waals surface area contributed by atoms with Crippen LogP contribution in [0.1, 0.15) is 25.3 Å². The van der Waals surface area contributed by atoms with Crippen molar-refractivity contribution in [2.24, 2.45) is 5.92 Å². The van der Waals surface area contributed by atoms with Crippen LogP contribution in [-0.4, -0.2) is 39.8 Å². The van der Waals surface area contributed by atoms with Gasteiger partial charge >= 0.3 is 0 Å². The summed E-state index contributed by atoms with van der Waals surface area (Å²) in [6.07, 6.45) is 4.24. The van der Waals surface area contributed by atoms with E-state index in [0.717, 1.165) is 30.5 Å². The summed E-state index contributed by atoms with van der Waals surface area (Å²) < 4.78 is 1.86. The van der Waals surface area contributed by atoms with E-state index in [1.54, 1.807) is 18.3 Å². The monoisotopic (exact) mass is 410 g/mol. The zero-order valence-electron chi connectivity index (χ0n) is 16.4. The van der Waals surface area contributed by atoms with Crippen molar-refractivity contribution in [2.75, 3.05) is 19.4 Å². The lowest BCUT2D eigenvalue weighted by Gasteiger charge is -2.36. The Morgan fingerprint density at radius 1 is 1.28 bits per heavy atom. The van der Waals surface area contributed by atoms with Crippen LogP contribution in [0.15, 0.2) is 41.3 Å². The first-order valence-corrected chi connectivity index (χ1v) is 10.0. The highest BCUT2D eigenvalue weighted by Gasteiger charge is 2.34. The third-order valence-corrected chi connectivity index (χ3v) is 5.99. The molecule has 2 heterocycles. The molecule has 0 amide bonds. The van der Waals surface area contributed by atoms with Crippen molar-refractivity contribution in [3.8, 4) is 6.07 Å². The zero-order chi connectivity index (χ0) is 20.5. The molecule has 3 aromatic rings. The molecule has 1 fully saturated rings. The van der Waals surface area contributed by atoms with Gasteiger partial charge in [0, 0.05) is 22.9 Å². The van der Waals surface area contributed by atoms with Crippen molar-refractivity contribution >= 4 is 34.0 Å². The number of H-pyrrole nitrogens is 1. The Bertz CT molecular complexity index is 1110. The van der Waals surface area contributed by atoms with Crippen molar-refractivity contribution in [1.82, 2.24) is 19.7 Å². The highest BCUT2D eigenvalue weighted by molar-refractivity contribution is 6.30. The highest BCUT2D eigenvalue weighted by Crippen LogP contribution is 2.37. The summed E-state index contributed by atoms with van der Waals surface area (Å²) in [7, 11) is 4.10. The van der Waals surface area contributed by atoms with Crippen LogP contribution in [0.2, 0.25) is 5.02 Å². The topological polar surface area (TPSA) is 89.7 Å². The van der Waals surface area contributed by atoms with Gasteiger partial charge in [0.1, 0.15) is 5.39 Å². The first-order chi connectivity index (χ1) is 14.0. The first kappa shape index (κ1) is 19.5. The van der Waals surface area contributed by atoms with E-state index >= 15 is 0 Å². The molecule has 1 saturated carbocycles. The van der Waals surface area contributed by atoms with Crippen LogP contribution in [0.25, 0.3) is 10.9 Å². The van der Waals surface area contributed by atoms with Gasteiger partial charge in [0.2, 0.25) is 0 Å². The predicted molar refractivity (Wildman–Crippen MR) is 115 cm³/mol. The Hall–Kier alpha value is -2.82. The van der Waals surface area contributed by atoms with Crippen LogP contribution in [0, 0.1) is 17.2 Å². The lowest BCUT2D eigenvalue weighted by Crippen LogP contribution is -2.37. The minimum absolute atomic E-state index is 0.0683. The molecule has 150 valence electrons. The van der Waals surface area contributed by atoms with E-state index < -0.39 is 0 Å². The molecule has 0 bridgehead atoms. The van der Waals surface area contributed by atoms with E-state index in [4.69, 9.17) is 16.7 Å². The molecule has 2 aromatic heterocycles. The maximum absolute atomic E-state index is 12.6. The maximum atomic E-state index is 12.6.